The molecule has 156 valence electrons. The number of nitrogens with zero attached hydrogens (tertiary/aromatic N) is 3. The van der Waals surface area contributed by atoms with Crippen LogP contribution in [0.25, 0.3) is 10.6 Å². The third-order valence-electron chi connectivity index (χ3n) is 4.90. The Labute approximate surface area is 180 Å². The Bertz CT molecular complexity index is 977. The molecule has 0 atom stereocenters. The maximum Gasteiger partial charge on any atom is 0.271 e. The minimum atomic E-state index is -0.180. The van der Waals surface area contributed by atoms with Crippen LogP contribution in [0.15, 0.2) is 48.0 Å². The normalized spacial score (nSPS) is 13.6. The largest absolute Gasteiger partial charge is 0.491 e. The quantitative estimate of drug-likeness (QED) is 0.606. The minimum absolute atomic E-state index is 0.137. The van der Waals surface area contributed by atoms with E-state index >= 15 is 0 Å². The molecule has 0 radical (unpaired) electrons. The number of carbonyl (C=O) groups is 1. The van der Waals surface area contributed by atoms with Crippen molar-refractivity contribution in [1.82, 2.24) is 15.3 Å². The van der Waals surface area contributed by atoms with Crippen molar-refractivity contribution in [2.45, 2.75) is 39.3 Å². The summed E-state index contributed by atoms with van der Waals surface area (Å²) in [6.45, 7) is 6.57. The van der Waals surface area contributed by atoms with E-state index in [4.69, 9.17) is 4.74 Å². The summed E-state index contributed by atoms with van der Waals surface area (Å²) in [6.07, 6.45) is 4.43. The average molecular weight is 423 g/mol. The maximum atomic E-state index is 12.5. The summed E-state index contributed by atoms with van der Waals surface area (Å²) in [5.41, 5.74) is 2.37. The number of aromatic nitrogens is 2. The fourth-order valence-corrected chi connectivity index (χ4v) is 4.19. The van der Waals surface area contributed by atoms with E-state index in [2.05, 4.69) is 20.2 Å². The number of rotatable bonds is 7. The number of anilines is 1. The zero-order valence-electron chi connectivity index (χ0n) is 17.3. The molecule has 1 amide bonds. The van der Waals surface area contributed by atoms with Crippen LogP contribution in [0.4, 0.5) is 5.82 Å². The maximum absolute atomic E-state index is 12.5. The number of pyridine rings is 1. The van der Waals surface area contributed by atoms with Gasteiger partial charge in [-0.05, 0) is 62.6 Å². The van der Waals surface area contributed by atoms with Crippen molar-refractivity contribution < 1.29 is 9.53 Å². The van der Waals surface area contributed by atoms with Gasteiger partial charge in [-0.15, -0.1) is 11.3 Å². The molecular weight excluding hydrogens is 396 g/mol. The molecule has 0 spiro atoms. The van der Waals surface area contributed by atoms with Gasteiger partial charge in [0.25, 0.3) is 5.91 Å². The lowest BCUT2D eigenvalue weighted by atomic mass is 10.2. The number of carbonyl (C=O) groups excluding carboxylic acids is 1. The molecule has 1 aliphatic rings. The third kappa shape index (κ3) is 4.97. The fraction of sp³-hybridized carbons (Fsp3) is 0.348. The van der Waals surface area contributed by atoms with Crippen molar-refractivity contribution in [2.24, 2.45) is 0 Å². The Hall–Kier alpha value is -2.93. The van der Waals surface area contributed by atoms with E-state index in [-0.39, 0.29) is 12.0 Å². The number of benzene rings is 1. The Morgan fingerprint density at radius 2 is 1.93 bits per heavy atom. The van der Waals surface area contributed by atoms with Gasteiger partial charge in [0.1, 0.15) is 22.3 Å². The second-order valence-electron chi connectivity index (χ2n) is 7.63. The lowest BCUT2D eigenvalue weighted by molar-refractivity contribution is 0.0946. The second-order valence-corrected chi connectivity index (χ2v) is 8.49. The molecule has 4 rings (SSSR count). The van der Waals surface area contributed by atoms with Crippen LogP contribution >= 0.6 is 11.3 Å². The van der Waals surface area contributed by atoms with Gasteiger partial charge in [-0.25, -0.2) is 9.97 Å². The molecule has 30 heavy (non-hydrogen) atoms. The summed E-state index contributed by atoms with van der Waals surface area (Å²) in [4.78, 5) is 23.8. The van der Waals surface area contributed by atoms with Crippen LogP contribution < -0.4 is 15.0 Å². The van der Waals surface area contributed by atoms with Crippen molar-refractivity contribution in [1.29, 1.82) is 0 Å². The number of nitrogens with one attached hydrogen (secondary N) is 1. The van der Waals surface area contributed by atoms with Gasteiger partial charge in [0.05, 0.1) is 6.10 Å². The van der Waals surface area contributed by atoms with Gasteiger partial charge in [0.2, 0.25) is 0 Å². The number of hydrogen-bond acceptors (Lipinski definition) is 6. The Balaban J connectivity index is 1.33. The van der Waals surface area contributed by atoms with Crippen molar-refractivity contribution in [3.8, 4) is 16.3 Å². The molecule has 0 saturated carbocycles. The standard InChI is InChI=1S/C23H26N4O2S/c1-16(2)29-19-8-6-18(7-9-19)23-26-20(15-30-23)22(28)25-14-17-5-10-21(24-13-17)27-11-3-4-12-27/h5-10,13,15-16H,3-4,11-12,14H2,1-2H3,(H,25,28). The highest BCUT2D eigenvalue weighted by Gasteiger charge is 2.14. The van der Waals surface area contributed by atoms with Gasteiger partial charge in [-0.3, -0.25) is 4.79 Å². The predicted molar refractivity (Wildman–Crippen MR) is 120 cm³/mol. The highest BCUT2D eigenvalue weighted by atomic mass is 32.1. The Kier molecular flexibility index (Phi) is 6.28. The first kappa shape index (κ1) is 20.3. The highest BCUT2D eigenvalue weighted by Crippen LogP contribution is 2.26. The summed E-state index contributed by atoms with van der Waals surface area (Å²) in [5.74, 6) is 1.66. The molecule has 3 heterocycles. The lowest BCUT2D eigenvalue weighted by Gasteiger charge is -2.16. The molecule has 0 bridgehead atoms. The van der Waals surface area contributed by atoms with Crippen LogP contribution in [0.2, 0.25) is 0 Å². The molecule has 1 aromatic carbocycles. The van der Waals surface area contributed by atoms with Gasteiger partial charge in [0, 0.05) is 36.8 Å². The van der Waals surface area contributed by atoms with E-state index in [0.717, 1.165) is 40.8 Å². The molecule has 6 nitrogen and oxygen atoms in total. The number of hydrogen-bond donors (Lipinski definition) is 1. The van der Waals surface area contributed by atoms with Crippen LogP contribution in [0.1, 0.15) is 42.7 Å². The summed E-state index contributed by atoms with van der Waals surface area (Å²) >= 11 is 1.46. The van der Waals surface area contributed by atoms with Crippen LogP contribution in [0.5, 0.6) is 5.75 Å². The summed E-state index contributed by atoms with van der Waals surface area (Å²) in [7, 11) is 0. The average Bonchev–Trinajstić information content (AvgIpc) is 3.45. The molecule has 1 saturated heterocycles. The molecule has 2 aromatic heterocycles. The summed E-state index contributed by atoms with van der Waals surface area (Å²) in [6, 6.07) is 11.8. The number of ether oxygens (including phenoxy) is 1. The zero-order valence-corrected chi connectivity index (χ0v) is 18.1. The van der Waals surface area contributed by atoms with Gasteiger partial charge < -0.3 is 15.0 Å². The van der Waals surface area contributed by atoms with E-state index in [1.54, 1.807) is 5.38 Å². The molecule has 1 fully saturated rings. The van der Waals surface area contributed by atoms with E-state index < -0.39 is 0 Å². The molecule has 7 heteroatoms. The zero-order chi connectivity index (χ0) is 20.9. The van der Waals surface area contributed by atoms with Crippen LogP contribution in [0.3, 0.4) is 0 Å². The highest BCUT2D eigenvalue weighted by molar-refractivity contribution is 7.13. The topological polar surface area (TPSA) is 67.3 Å². The number of amides is 1. The molecule has 1 aliphatic heterocycles. The Morgan fingerprint density at radius 3 is 2.60 bits per heavy atom. The van der Waals surface area contributed by atoms with Crippen LogP contribution in [-0.4, -0.2) is 35.1 Å². The molecule has 0 unspecified atom stereocenters. The Morgan fingerprint density at radius 1 is 1.17 bits per heavy atom. The van der Waals surface area contributed by atoms with E-state index in [9.17, 15) is 4.79 Å². The van der Waals surface area contributed by atoms with Gasteiger partial charge in [-0.1, -0.05) is 6.07 Å². The van der Waals surface area contributed by atoms with Gasteiger partial charge in [0.15, 0.2) is 0 Å². The smallest absolute Gasteiger partial charge is 0.271 e. The van der Waals surface area contributed by atoms with Crippen molar-refractivity contribution in [2.75, 3.05) is 18.0 Å². The molecular formula is C23H26N4O2S. The van der Waals surface area contributed by atoms with Gasteiger partial charge in [-0.2, -0.15) is 0 Å². The second kappa shape index (κ2) is 9.26. The summed E-state index contributed by atoms with van der Waals surface area (Å²) < 4.78 is 5.67. The minimum Gasteiger partial charge on any atom is -0.491 e. The van der Waals surface area contributed by atoms with Crippen LogP contribution in [0, 0.1) is 0 Å². The first-order chi connectivity index (χ1) is 14.6. The first-order valence-corrected chi connectivity index (χ1v) is 11.2. The SMILES string of the molecule is CC(C)Oc1ccc(-c2nc(C(=O)NCc3ccc(N4CCCC4)nc3)cs2)cc1. The van der Waals surface area contributed by atoms with Gasteiger partial charge >= 0.3 is 0 Å². The van der Waals surface area contributed by atoms with Crippen molar-refractivity contribution >= 4 is 23.1 Å². The summed E-state index contributed by atoms with van der Waals surface area (Å²) in [5, 5.41) is 5.53. The molecule has 0 aliphatic carbocycles. The van der Waals surface area contributed by atoms with E-state index in [1.165, 1.54) is 24.2 Å². The third-order valence-corrected chi connectivity index (χ3v) is 5.79. The van der Waals surface area contributed by atoms with E-state index in [1.807, 2.05) is 56.4 Å². The number of thiazole rings is 1. The van der Waals surface area contributed by atoms with Crippen molar-refractivity contribution in [3.63, 3.8) is 0 Å². The molecule has 3 aromatic rings. The first-order valence-electron chi connectivity index (χ1n) is 10.3. The fourth-order valence-electron chi connectivity index (χ4n) is 3.39. The molecule has 1 N–H and O–H groups in total. The monoisotopic (exact) mass is 422 g/mol. The predicted octanol–water partition coefficient (Wildman–Crippen LogP) is 4.52. The van der Waals surface area contributed by atoms with Crippen LogP contribution in [-0.2, 0) is 6.54 Å². The lowest BCUT2D eigenvalue weighted by Crippen LogP contribution is -2.23. The van der Waals surface area contributed by atoms with Crippen molar-refractivity contribution in [3.05, 3.63) is 59.2 Å². The van der Waals surface area contributed by atoms with E-state index in [0.29, 0.717) is 12.2 Å².